The molecule has 0 radical (unpaired) electrons. The SMILES string of the molecule is COc1nc2ncsc2c(OC)c1-c1cn(COCC[Si](C)(C)C)c2nc(NC(=O)C3CC3CN3CCN(C)CC3)ccc12. The van der Waals surface area contributed by atoms with Crippen molar-refractivity contribution < 1.29 is 19.0 Å². The number of carbonyl (C=O) groups is 1. The Morgan fingerprint density at radius 3 is 2.64 bits per heavy atom. The van der Waals surface area contributed by atoms with Gasteiger partial charge in [-0.2, -0.15) is 4.98 Å². The maximum absolute atomic E-state index is 13.2. The number of ether oxygens (including phenoxy) is 3. The largest absolute Gasteiger partial charge is 0.494 e. The molecule has 1 N–H and O–H groups in total. The molecule has 6 rings (SSSR count). The van der Waals surface area contributed by atoms with Crippen molar-refractivity contribution in [3.8, 4) is 22.8 Å². The molecule has 11 nitrogen and oxygen atoms in total. The molecule has 13 heteroatoms. The summed E-state index contributed by atoms with van der Waals surface area (Å²) in [6.45, 7) is 13.3. The summed E-state index contributed by atoms with van der Waals surface area (Å²) in [5.41, 5.74) is 4.65. The number of anilines is 1. The number of amides is 1. The monoisotopic (exact) mass is 637 g/mol. The Morgan fingerprint density at radius 1 is 1.11 bits per heavy atom. The number of fused-ring (bicyclic) bond motifs is 2. The molecule has 236 valence electrons. The van der Waals surface area contributed by atoms with Crippen molar-refractivity contribution in [3.05, 3.63) is 23.8 Å². The Hall–Kier alpha value is -3.10. The van der Waals surface area contributed by atoms with E-state index in [4.69, 9.17) is 19.2 Å². The number of pyridine rings is 2. The van der Waals surface area contributed by atoms with Gasteiger partial charge < -0.3 is 33.9 Å². The zero-order valence-corrected chi connectivity index (χ0v) is 28.4. The number of likely N-dealkylation sites (N-methyl/N-ethyl adjacent to an activating group) is 1. The van der Waals surface area contributed by atoms with Gasteiger partial charge in [0.1, 0.15) is 22.9 Å². The lowest BCUT2D eigenvalue weighted by Crippen LogP contribution is -2.45. The van der Waals surface area contributed by atoms with E-state index in [1.165, 1.54) is 11.3 Å². The molecular formula is C31H43N7O4SSi. The number of carbonyl (C=O) groups excluding carboxylic acids is 1. The number of nitrogens with one attached hydrogen (secondary N) is 1. The lowest BCUT2D eigenvalue weighted by atomic mass is 10.1. The average molecular weight is 638 g/mol. The summed E-state index contributed by atoms with van der Waals surface area (Å²) < 4.78 is 20.7. The Kier molecular flexibility index (Phi) is 8.93. The molecule has 1 amide bonds. The third-order valence-electron chi connectivity index (χ3n) is 8.62. The van der Waals surface area contributed by atoms with E-state index in [1.807, 2.05) is 22.9 Å². The second-order valence-corrected chi connectivity index (χ2v) is 19.6. The van der Waals surface area contributed by atoms with Crippen LogP contribution in [0.5, 0.6) is 11.6 Å². The first-order valence-corrected chi connectivity index (χ1v) is 19.9. The molecule has 2 atom stereocenters. The van der Waals surface area contributed by atoms with Crippen LogP contribution in [-0.4, -0.2) is 104 Å². The summed E-state index contributed by atoms with van der Waals surface area (Å²) in [7, 11) is 4.17. The van der Waals surface area contributed by atoms with E-state index in [9.17, 15) is 4.79 Å². The lowest BCUT2D eigenvalue weighted by Gasteiger charge is -2.32. The molecule has 2 unspecified atom stereocenters. The van der Waals surface area contributed by atoms with Crippen LogP contribution in [-0.2, 0) is 16.3 Å². The van der Waals surface area contributed by atoms with Crippen molar-refractivity contribution in [2.24, 2.45) is 11.8 Å². The van der Waals surface area contributed by atoms with Gasteiger partial charge in [-0.05, 0) is 37.6 Å². The summed E-state index contributed by atoms with van der Waals surface area (Å²) in [6, 6.07) is 4.93. The van der Waals surface area contributed by atoms with Crippen molar-refractivity contribution in [1.82, 2.24) is 29.3 Å². The minimum absolute atomic E-state index is 0.0325. The van der Waals surface area contributed by atoms with E-state index in [1.54, 1.807) is 19.7 Å². The molecular weight excluding hydrogens is 595 g/mol. The second-order valence-electron chi connectivity index (χ2n) is 13.2. The van der Waals surface area contributed by atoms with E-state index < -0.39 is 8.07 Å². The Bertz CT molecular complexity index is 1640. The summed E-state index contributed by atoms with van der Waals surface area (Å²) in [5, 5.41) is 3.99. The van der Waals surface area contributed by atoms with E-state index in [0.717, 1.165) is 66.4 Å². The normalized spacial score (nSPS) is 19.5. The van der Waals surface area contributed by atoms with Gasteiger partial charge in [0.15, 0.2) is 11.4 Å². The lowest BCUT2D eigenvalue weighted by molar-refractivity contribution is -0.117. The minimum atomic E-state index is -1.24. The first kappa shape index (κ1) is 30.9. The van der Waals surface area contributed by atoms with Crippen LogP contribution in [0.2, 0.25) is 25.7 Å². The highest BCUT2D eigenvalue weighted by Crippen LogP contribution is 2.46. The molecule has 0 aromatic carbocycles. The van der Waals surface area contributed by atoms with Crippen LogP contribution in [0.4, 0.5) is 5.82 Å². The van der Waals surface area contributed by atoms with Gasteiger partial charge >= 0.3 is 0 Å². The van der Waals surface area contributed by atoms with Crippen LogP contribution in [0.15, 0.2) is 23.8 Å². The fourth-order valence-corrected chi connectivity index (χ4v) is 7.35. The van der Waals surface area contributed by atoms with Gasteiger partial charge in [0.2, 0.25) is 11.8 Å². The predicted octanol–water partition coefficient (Wildman–Crippen LogP) is 4.86. The summed E-state index contributed by atoms with van der Waals surface area (Å²) in [5.74, 6) is 2.11. The molecule has 2 fully saturated rings. The number of hydrogen-bond donors (Lipinski definition) is 1. The van der Waals surface area contributed by atoms with Gasteiger partial charge in [-0.1, -0.05) is 19.6 Å². The van der Waals surface area contributed by atoms with Gasteiger partial charge in [0.25, 0.3) is 0 Å². The van der Waals surface area contributed by atoms with Gasteiger partial charge in [-0.3, -0.25) is 4.79 Å². The minimum Gasteiger partial charge on any atom is -0.494 e. The maximum Gasteiger partial charge on any atom is 0.228 e. The van der Waals surface area contributed by atoms with Crippen molar-refractivity contribution >= 4 is 52.5 Å². The van der Waals surface area contributed by atoms with Crippen LogP contribution in [0, 0.1) is 11.8 Å². The fraction of sp³-hybridized carbons (Fsp3) is 0.548. The highest BCUT2D eigenvalue weighted by Gasteiger charge is 2.44. The topological polar surface area (TPSA) is 107 Å². The number of methoxy groups -OCH3 is 2. The number of nitrogens with zero attached hydrogens (tertiary/aromatic N) is 6. The second kappa shape index (κ2) is 12.7. The van der Waals surface area contributed by atoms with Crippen LogP contribution in [0.3, 0.4) is 0 Å². The summed E-state index contributed by atoms with van der Waals surface area (Å²) >= 11 is 1.48. The predicted molar refractivity (Wildman–Crippen MR) is 178 cm³/mol. The van der Waals surface area contributed by atoms with Crippen molar-refractivity contribution in [2.75, 3.05) is 65.9 Å². The quantitative estimate of drug-likeness (QED) is 0.172. The van der Waals surface area contributed by atoms with Gasteiger partial charge in [-0.15, -0.1) is 11.3 Å². The zero-order valence-electron chi connectivity index (χ0n) is 26.6. The maximum atomic E-state index is 13.2. The first-order chi connectivity index (χ1) is 21.1. The Morgan fingerprint density at radius 2 is 1.91 bits per heavy atom. The highest BCUT2D eigenvalue weighted by atomic mass is 32.1. The van der Waals surface area contributed by atoms with Crippen LogP contribution < -0.4 is 14.8 Å². The molecule has 1 saturated carbocycles. The van der Waals surface area contributed by atoms with Gasteiger partial charge in [-0.25, -0.2) is 9.97 Å². The highest BCUT2D eigenvalue weighted by molar-refractivity contribution is 7.17. The van der Waals surface area contributed by atoms with Crippen LogP contribution in [0.25, 0.3) is 32.5 Å². The standard InChI is InChI=1S/C31H43N7O4SSi/c1-36-9-11-37(12-10-36)16-20-15-22(20)30(39)34-24-8-7-21-23(17-38(29(21)33-24)19-42-13-14-44(4,5)6)25-26(40-2)27-28(32-18-43-27)35-31(25)41-3/h7-8,17-18,20,22H,9-16,19H2,1-6H3,(H,33,34,39). The van der Waals surface area contributed by atoms with E-state index in [0.29, 0.717) is 48.0 Å². The smallest absolute Gasteiger partial charge is 0.228 e. The molecule has 1 saturated heterocycles. The van der Waals surface area contributed by atoms with Crippen molar-refractivity contribution in [3.63, 3.8) is 0 Å². The third-order valence-corrected chi connectivity index (χ3v) is 11.1. The number of rotatable bonds is 12. The molecule has 44 heavy (non-hydrogen) atoms. The van der Waals surface area contributed by atoms with Crippen LogP contribution in [0.1, 0.15) is 6.42 Å². The van der Waals surface area contributed by atoms with Gasteiger partial charge in [0.05, 0.1) is 25.3 Å². The molecule has 4 aromatic heterocycles. The average Bonchev–Trinajstić information content (AvgIpc) is 3.44. The van der Waals surface area contributed by atoms with Crippen molar-refractivity contribution in [1.29, 1.82) is 0 Å². The Balaban J connectivity index is 1.28. The number of aromatic nitrogens is 4. The molecule has 0 spiro atoms. The molecule has 2 aliphatic rings. The molecule has 5 heterocycles. The van der Waals surface area contributed by atoms with Crippen molar-refractivity contribution in [2.45, 2.75) is 38.8 Å². The van der Waals surface area contributed by atoms with Crippen LogP contribution >= 0.6 is 11.3 Å². The number of thiazole rings is 1. The Labute approximate surface area is 263 Å². The first-order valence-electron chi connectivity index (χ1n) is 15.3. The van der Waals surface area contributed by atoms with E-state index in [2.05, 4.69) is 51.8 Å². The zero-order chi connectivity index (χ0) is 31.0. The van der Waals surface area contributed by atoms with E-state index in [-0.39, 0.29) is 11.8 Å². The molecule has 1 aliphatic carbocycles. The molecule has 0 bridgehead atoms. The molecule has 4 aromatic rings. The van der Waals surface area contributed by atoms with E-state index >= 15 is 0 Å². The number of hydrogen-bond acceptors (Lipinski definition) is 10. The summed E-state index contributed by atoms with van der Waals surface area (Å²) in [4.78, 5) is 32.1. The fourth-order valence-electron chi connectivity index (χ4n) is 5.84. The molecule has 1 aliphatic heterocycles. The third kappa shape index (κ3) is 6.61. The van der Waals surface area contributed by atoms with Gasteiger partial charge in [0, 0.05) is 70.5 Å². The number of piperazine rings is 1. The summed E-state index contributed by atoms with van der Waals surface area (Å²) in [6.07, 6.45) is 2.94.